The van der Waals surface area contributed by atoms with Gasteiger partial charge in [0.1, 0.15) is 11.4 Å². The highest BCUT2D eigenvalue weighted by Crippen LogP contribution is 2.24. The highest BCUT2D eigenvalue weighted by atomic mass is 16.2. The van der Waals surface area contributed by atoms with E-state index in [2.05, 4.69) is 30.4 Å². The predicted molar refractivity (Wildman–Crippen MR) is 105 cm³/mol. The molecule has 0 aliphatic carbocycles. The molecule has 0 spiro atoms. The van der Waals surface area contributed by atoms with Crippen LogP contribution in [0.25, 0.3) is 17.1 Å². The van der Waals surface area contributed by atoms with Crippen LogP contribution < -0.4 is 5.32 Å². The summed E-state index contributed by atoms with van der Waals surface area (Å²) in [6.45, 7) is 8.15. The van der Waals surface area contributed by atoms with Gasteiger partial charge in [0.25, 0.3) is 5.91 Å². The molecule has 0 aliphatic rings. The monoisotopic (exact) mass is 350 g/mol. The van der Waals surface area contributed by atoms with Crippen molar-refractivity contribution in [2.45, 2.75) is 40.2 Å². The Labute approximate surface area is 154 Å². The molecule has 0 fully saturated rings. The Morgan fingerprint density at radius 1 is 1.23 bits per heavy atom. The van der Waals surface area contributed by atoms with E-state index in [1.165, 1.54) is 0 Å². The lowest BCUT2D eigenvalue weighted by Gasteiger charge is -2.14. The maximum absolute atomic E-state index is 12.9. The Morgan fingerprint density at radius 3 is 2.65 bits per heavy atom. The summed E-state index contributed by atoms with van der Waals surface area (Å²) >= 11 is 0. The summed E-state index contributed by atoms with van der Waals surface area (Å²) in [5, 5.41) is 7.83. The van der Waals surface area contributed by atoms with E-state index in [0.717, 1.165) is 34.6 Å². The van der Waals surface area contributed by atoms with Crippen molar-refractivity contribution < 1.29 is 4.79 Å². The zero-order valence-electron chi connectivity index (χ0n) is 16.1. The molecule has 1 atom stereocenters. The summed E-state index contributed by atoms with van der Waals surface area (Å²) in [5.41, 5.74) is 5.46. The van der Waals surface area contributed by atoms with Gasteiger partial charge in [-0.05, 0) is 62.6 Å². The fourth-order valence-corrected chi connectivity index (χ4v) is 2.93. The smallest absolute Gasteiger partial charge is 0.270 e. The second-order valence-electron chi connectivity index (χ2n) is 6.90. The molecule has 0 aliphatic heterocycles. The summed E-state index contributed by atoms with van der Waals surface area (Å²) in [4.78, 5) is 12.9. The first-order valence-corrected chi connectivity index (χ1v) is 9.01. The lowest BCUT2D eigenvalue weighted by Crippen LogP contribution is -2.33. The number of benzene rings is 1. The molecule has 136 valence electrons. The first-order chi connectivity index (χ1) is 12.4. The maximum Gasteiger partial charge on any atom is 0.270 e. The number of aromatic nitrogens is 3. The minimum absolute atomic E-state index is 0.104. The SMILES string of the molecule is CCC(C)NC(=O)c1cc(-c2cccn2C)nn1-c1cc(C)ccc1C. The molecule has 3 aromatic rings. The Morgan fingerprint density at radius 2 is 2.00 bits per heavy atom. The van der Waals surface area contributed by atoms with Crippen molar-refractivity contribution in [2.24, 2.45) is 7.05 Å². The first-order valence-electron chi connectivity index (χ1n) is 9.01. The summed E-state index contributed by atoms with van der Waals surface area (Å²) in [5.74, 6) is -0.104. The molecule has 1 N–H and O–H groups in total. The van der Waals surface area contributed by atoms with Crippen LogP contribution in [-0.2, 0) is 7.05 Å². The lowest BCUT2D eigenvalue weighted by molar-refractivity contribution is 0.0931. The molecule has 0 radical (unpaired) electrons. The Bertz CT molecular complexity index is 935. The molecule has 1 unspecified atom stereocenters. The minimum Gasteiger partial charge on any atom is -0.349 e. The Balaban J connectivity index is 2.15. The van der Waals surface area contributed by atoms with E-state index in [1.54, 1.807) is 4.68 Å². The number of aryl methyl sites for hydroxylation is 3. The third-order valence-electron chi connectivity index (χ3n) is 4.73. The number of nitrogens with zero attached hydrogens (tertiary/aromatic N) is 3. The number of hydrogen-bond acceptors (Lipinski definition) is 2. The van der Waals surface area contributed by atoms with E-state index < -0.39 is 0 Å². The van der Waals surface area contributed by atoms with Gasteiger partial charge >= 0.3 is 0 Å². The molecule has 1 aromatic carbocycles. The number of amides is 1. The van der Waals surface area contributed by atoms with E-state index in [0.29, 0.717) is 5.69 Å². The van der Waals surface area contributed by atoms with Crippen molar-refractivity contribution in [1.29, 1.82) is 0 Å². The summed E-state index contributed by atoms with van der Waals surface area (Å²) in [7, 11) is 1.98. The van der Waals surface area contributed by atoms with Gasteiger partial charge in [-0.2, -0.15) is 5.10 Å². The second-order valence-corrected chi connectivity index (χ2v) is 6.90. The molecule has 3 rings (SSSR count). The van der Waals surface area contributed by atoms with Gasteiger partial charge in [-0.25, -0.2) is 4.68 Å². The van der Waals surface area contributed by atoms with Gasteiger partial charge in [0.05, 0.1) is 11.4 Å². The number of carbonyl (C=O) groups is 1. The third-order valence-corrected chi connectivity index (χ3v) is 4.73. The second kappa shape index (κ2) is 7.20. The van der Waals surface area contributed by atoms with E-state index in [9.17, 15) is 4.79 Å². The molecule has 0 bridgehead atoms. The normalized spacial score (nSPS) is 12.2. The van der Waals surface area contributed by atoms with Crippen LogP contribution in [0.1, 0.15) is 41.9 Å². The van der Waals surface area contributed by atoms with Crippen molar-refractivity contribution in [3.8, 4) is 17.1 Å². The fourth-order valence-electron chi connectivity index (χ4n) is 2.93. The predicted octanol–water partition coefficient (Wildman–Crippen LogP) is 4.02. The summed E-state index contributed by atoms with van der Waals surface area (Å²) in [6, 6.07) is 12.2. The maximum atomic E-state index is 12.9. The van der Waals surface area contributed by atoms with Crippen LogP contribution in [0.15, 0.2) is 42.6 Å². The van der Waals surface area contributed by atoms with Crippen molar-refractivity contribution in [1.82, 2.24) is 19.7 Å². The highest BCUT2D eigenvalue weighted by molar-refractivity contribution is 5.94. The van der Waals surface area contributed by atoms with Gasteiger partial charge in [-0.1, -0.05) is 19.1 Å². The van der Waals surface area contributed by atoms with Crippen molar-refractivity contribution in [2.75, 3.05) is 0 Å². The first kappa shape index (κ1) is 18.0. The lowest BCUT2D eigenvalue weighted by atomic mass is 10.1. The topological polar surface area (TPSA) is 51.9 Å². The van der Waals surface area contributed by atoms with Gasteiger partial charge < -0.3 is 9.88 Å². The van der Waals surface area contributed by atoms with Crippen LogP contribution in [0.3, 0.4) is 0 Å². The largest absolute Gasteiger partial charge is 0.349 e. The average molecular weight is 350 g/mol. The molecule has 2 heterocycles. The third kappa shape index (κ3) is 3.43. The van der Waals surface area contributed by atoms with Gasteiger partial charge in [-0.15, -0.1) is 0 Å². The van der Waals surface area contributed by atoms with Crippen molar-refractivity contribution in [3.63, 3.8) is 0 Å². The quantitative estimate of drug-likeness (QED) is 0.755. The standard InChI is InChI=1S/C21H26N4O/c1-6-16(4)22-21(26)20-13-17(18-8-7-11-24(18)5)23-25(20)19-12-14(2)9-10-15(19)3/h7-13,16H,6H2,1-5H3,(H,22,26). The molecule has 5 heteroatoms. The van der Waals surface area contributed by atoms with Gasteiger partial charge in [0, 0.05) is 19.3 Å². The van der Waals surface area contributed by atoms with E-state index >= 15 is 0 Å². The van der Waals surface area contributed by atoms with Crippen LogP contribution in [0.4, 0.5) is 0 Å². The number of hydrogen-bond donors (Lipinski definition) is 1. The van der Waals surface area contributed by atoms with Crippen molar-refractivity contribution in [3.05, 3.63) is 59.4 Å². The molecule has 0 saturated heterocycles. The van der Waals surface area contributed by atoms with Gasteiger partial charge in [0.2, 0.25) is 0 Å². The van der Waals surface area contributed by atoms with Crippen LogP contribution in [0.2, 0.25) is 0 Å². The molecule has 26 heavy (non-hydrogen) atoms. The van der Waals surface area contributed by atoms with Crippen LogP contribution in [-0.4, -0.2) is 26.3 Å². The average Bonchev–Trinajstić information content (AvgIpc) is 3.22. The van der Waals surface area contributed by atoms with E-state index in [-0.39, 0.29) is 11.9 Å². The molecule has 1 amide bonds. The highest BCUT2D eigenvalue weighted by Gasteiger charge is 2.20. The number of rotatable bonds is 5. The molecular formula is C21H26N4O. The van der Waals surface area contributed by atoms with E-state index in [4.69, 9.17) is 5.10 Å². The van der Waals surface area contributed by atoms with Crippen LogP contribution >= 0.6 is 0 Å². The van der Waals surface area contributed by atoms with Crippen LogP contribution in [0.5, 0.6) is 0 Å². The molecule has 0 saturated carbocycles. The summed E-state index contributed by atoms with van der Waals surface area (Å²) in [6.07, 6.45) is 2.86. The minimum atomic E-state index is -0.104. The zero-order valence-corrected chi connectivity index (χ0v) is 16.1. The Kier molecular flexibility index (Phi) is 4.98. The van der Waals surface area contributed by atoms with Crippen LogP contribution in [0, 0.1) is 13.8 Å². The van der Waals surface area contributed by atoms with Crippen molar-refractivity contribution >= 4 is 5.91 Å². The van der Waals surface area contributed by atoms with E-state index in [1.807, 2.05) is 56.8 Å². The molecular weight excluding hydrogens is 324 g/mol. The number of carbonyl (C=O) groups excluding carboxylic acids is 1. The fraction of sp³-hybridized carbons (Fsp3) is 0.333. The van der Waals surface area contributed by atoms with Gasteiger partial charge in [-0.3, -0.25) is 4.79 Å². The zero-order chi connectivity index (χ0) is 18.8. The van der Waals surface area contributed by atoms with Gasteiger partial charge in [0.15, 0.2) is 0 Å². The molecule has 5 nitrogen and oxygen atoms in total. The molecule has 2 aromatic heterocycles. The number of nitrogens with one attached hydrogen (secondary N) is 1. The summed E-state index contributed by atoms with van der Waals surface area (Å²) < 4.78 is 3.77. The Hall–Kier alpha value is -2.82.